The Balaban J connectivity index is 1.27. The van der Waals surface area contributed by atoms with Crippen molar-refractivity contribution in [1.82, 2.24) is 9.78 Å². The van der Waals surface area contributed by atoms with Gasteiger partial charge in [0, 0.05) is 37.3 Å². The molecule has 2 aromatic carbocycles. The molecule has 42 heavy (non-hydrogen) atoms. The van der Waals surface area contributed by atoms with Gasteiger partial charge in [-0.25, -0.2) is 4.79 Å². The second kappa shape index (κ2) is 10.8. The summed E-state index contributed by atoms with van der Waals surface area (Å²) in [4.78, 5) is 26.7. The molecular weight excluding hydrogens is 574 g/mol. The molecule has 1 amide bonds. The summed E-state index contributed by atoms with van der Waals surface area (Å²) in [7, 11) is 4.92. The fraction of sp³-hybridized carbons (Fsp3) is 0.258. The molecule has 0 aliphatic heterocycles. The average molecular weight is 604 g/mol. The zero-order chi connectivity index (χ0) is 29.6. The van der Waals surface area contributed by atoms with Crippen LogP contribution in [0.1, 0.15) is 37.0 Å². The number of aliphatic carboxylic acids is 1. The van der Waals surface area contributed by atoms with E-state index < -0.39 is 23.6 Å². The Morgan fingerprint density at radius 3 is 2.21 bits per heavy atom. The van der Waals surface area contributed by atoms with E-state index in [1.165, 1.54) is 0 Å². The molecule has 1 fully saturated rings. The van der Waals surface area contributed by atoms with Gasteiger partial charge in [-0.2, -0.15) is 5.10 Å². The van der Waals surface area contributed by atoms with E-state index in [2.05, 4.69) is 22.5 Å². The molecule has 1 aliphatic carbocycles. The van der Waals surface area contributed by atoms with Crippen LogP contribution in [0.5, 0.6) is 11.5 Å². The topological polar surface area (TPSA) is 112 Å². The number of carboxylic acid groups (broad SMARTS) is 1. The SMILES string of the molecule is COc1cc(C2(C(=O)O)CC2)c(OC)cc1-c1cc2sc(-c3cnn(C)c3NC(=O)O[C@H](C)c3ccccc3)cc2s1. The van der Waals surface area contributed by atoms with Crippen LogP contribution in [0.2, 0.25) is 0 Å². The fourth-order valence-electron chi connectivity index (χ4n) is 5.13. The van der Waals surface area contributed by atoms with Crippen LogP contribution in [0, 0.1) is 0 Å². The van der Waals surface area contributed by atoms with Crippen LogP contribution < -0.4 is 14.8 Å². The first-order valence-corrected chi connectivity index (χ1v) is 15.0. The lowest BCUT2D eigenvalue weighted by Crippen LogP contribution is -2.20. The number of carbonyl (C=O) groups is 2. The minimum Gasteiger partial charge on any atom is -0.496 e. The molecule has 0 spiro atoms. The molecule has 1 atom stereocenters. The van der Waals surface area contributed by atoms with E-state index in [9.17, 15) is 14.7 Å². The van der Waals surface area contributed by atoms with Gasteiger partial charge >= 0.3 is 12.1 Å². The van der Waals surface area contributed by atoms with Crippen molar-refractivity contribution in [1.29, 1.82) is 0 Å². The number of carbonyl (C=O) groups excluding carboxylic acids is 1. The van der Waals surface area contributed by atoms with Crippen molar-refractivity contribution in [3.8, 4) is 32.4 Å². The zero-order valence-corrected chi connectivity index (χ0v) is 25.1. The normalized spacial score (nSPS) is 14.4. The number of rotatable bonds is 9. The number of ether oxygens (including phenoxy) is 3. The van der Waals surface area contributed by atoms with Crippen LogP contribution in [-0.2, 0) is 22.0 Å². The first-order valence-electron chi connectivity index (χ1n) is 13.3. The van der Waals surface area contributed by atoms with Crippen LogP contribution in [0.25, 0.3) is 30.3 Å². The van der Waals surface area contributed by atoms with Crippen molar-refractivity contribution >= 4 is 50.0 Å². The third-order valence-corrected chi connectivity index (χ3v) is 10.0. The fourth-order valence-corrected chi connectivity index (χ4v) is 7.56. The summed E-state index contributed by atoms with van der Waals surface area (Å²) in [6, 6.07) is 17.4. The smallest absolute Gasteiger partial charge is 0.413 e. The molecule has 1 aliphatic rings. The van der Waals surface area contributed by atoms with Gasteiger partial charge in [-0.15, -0.1) is 22.7 Å². The van der Waals surface area contributed by atoms with E-state index in [-0.39, 0.29) is 0 Å². The van der Waals surface area contributed by atoms with Gasteiger partial charge in [0.15, 0.2) is 0 Å². The predicted molar refractivity (Wildman–Crippen MR) is 164 cm³/mol. The standard InChI is InChI=1S/C31H29N3O6S2/c1-17(18-8-6-5-7-9-18)40-30(37)33-28-20(16-32-34(28)2)25-15-27-26(42-25)14-24(41-27)19-12-23(39-4)21(13-22(19)38-3)31(10-11-31)29(35)36/h5-9,12-17H,10-11H2,1-4H3,(H,33,37)(H,35,36)/t17-/m1/s1. The summed E-state index contributed by atoms with van der Waals surface area (Å²) in [5, 5.41) is 17.1. The minimum atomic E-state index is -0.913. The molecule has 9 nitrogen and oxygen atoms in total. The van der Waals surface area contributed by atoms with Gasteiger partial charge in [-0.1, -0.05) is 30.3 Å². The number of amides is 1. The summed E-state index contributed by atoms with van der Waals surface area (Å²) in [6.07, 6.45) is 1.92. The van der Waals surface area contributed by atoms with E-state index >= 15 is 0 Å². The maximum atomic E-state index is 12.8. The van der Waals surface area contributed by atoms with Crippen molar-refractivity contribution in [2.24, 2.45) is 7.05 Å². The Kier molecular flexibility index (Phi) is 7.15. The van der Waals surface area contributed by atoms with Gasteiger partial charge in [0.2, 0.25) is 0 Å². The highest BCUT2D eigenvalue weighted by atomic mass is 32.1. The Bertz CT molecular complexity index is 1770. The van der Waals surface area contributed by atoms with Gasteiger partial charge in [0.1, 0.15) is 23.4 Å². The molecule has 5 aromatic rings. The number of nitrogens with one attached hydrogen (secondary N) is 1. The molecule has 11 heteroatoms. The van der Waals surface area contributed by atoms with Crippen molar-refractivity contribution in [2.75, 3.05) is 19.5 Å². The van der Waals surface area contributed by atoms with Gasteiger partial charge < -0.3 is 19.3 Å². The van der Waals surface area contributed by atoms with Gasteiger partial charge in [-0.3, -0.25) is 14.8 Å². The minimum absolute atomic E-state index is 0.406. The molecule has 0 unspecified atom stereocenters. The first kappa shape index (κ1) is 27.8. The maximum absolute atomic E-state index is 12.8. The molecule has 0 radical (unpaired) electrons. The van der Waals surface area contributed by atoms with Crippen LogP contribution in [0.3, 0.4) is 0 Å². The van der Waals surface area contributed by atoms with E-state index in [0.717, 1.165) is 35.8 Å². The lowest BCUT2D eigenvalue weighted by atomic mass is 9.93. The molecule has 3 aromatic heterocycles. The van der Waals surface area contributed by atoms with Gasteiger partial charge in [-0.05, 0) is 49.6 Å². The van der Waals surface area contributed by atoms with Crippen LogP contribution >= 0.6 is 22.7 Å². The van der Waals surface area contributed by atoms with Crippen molar-refractivity contribution in [2.45, 2.75) is 31.3 Å². The maximum Gasteiger partial charge on any atom is 0.413 e. The lowest BCUT2D eigenvalue weighted by Gasteiger charge is -2.18. The predicted octanol–water partition coefficient (Wildman–Crippen LogP) is 7.47. The number of carboxylic acids is 1. The highest BCUT2D eigenvalue weighted by Crippen LogP contribution is 2.54. The molecule has 0 saturated heterocycles. The van der Waals surface area contributed by atoms with Crippen LogP contribution in [0.4, 0.5) is 10.6 Å². The first-order chi connectivity index (χ1) is 20.2. The number of nitrogens with zero attached hydrogens (tertiary/aromatic N) is 2. The molecule has 2 N–H and O–H groups in total. The van der Waals surface area contributed by atoms with Crippen molar-refractivity contribution in [3.63, 3.8) is 0 Å². The van der Waals surface area contributed by atoms with Crippen LogP contribution in [0.15, 0.2) is 60.8 Å². The Morgan fingerprint density at radius 2 is 1.62 bits per heavy atom. The highest BCUT2D eigenvalue weighted by Gasteiger charge is 2.53. The number of hydrogen-bond acceptors (Lipinski definition) is 8. The molecule has 6 rings (SSSR count). The number of hydrogen-bond donors (Lipinski definition) is 2. The highest BCUT2D eigenvalue weighted by molar-refractivity contribution is 7.31. The number of aryl methyl sites for hydroxylation is 1. The Morgan fingerprint density at radius 1 is 0.976 bits per heavy atom. The zero-order valence-electron chi connectivity index (χ0n) is 23.5. The molecular formula is C31H29N3O6S2. The Hall–Kier alpha value is -4.35. The molecule has 216 valence electrons. The number of benzene rings is 2. The molecule has 0 bridgehead atoms. The number of thiophene rings is 2. The summed E-state index contributed by atoms with van der Waals surface area (Å²) in [6.45, 7) is 1.83. The second-order valence-electron chi connectivity index (χ2n) is 10.2. The third-order valence-electron chi connectivity index (χ3n) is 7.65. The average Bonchev–Trinajstić information content (AvgIpc) is 3.40. The quantitative estimate of drug-likeness (QED) is 0.180. The van der Waals surface area contributed by atoms with Gasteiger partial charge in [0.25, 0.3) is 0 Å². The van der Waals surface area contributed by atoms with Crippen molar-refractivity contribution < 1.29 is 28.9 Å². The number of methoxy groups -OCH3 is 2. The lowest BCUT2D eigenvalue weighted by molar-refractivity contribution is -0.140. The Labute approximate surface area is 250 Å². The summed E-state index contributed by atoms with van der Waals surface area (Å²) in [5.74, 6) is 0.851. The van der Waals surface area contributed by atoms with E-state index in [1.54, 1.807) is 60.9 Å². The second-order valence-corrected chi connectivity index (χ2v) is 12.4. The summed E-state index contributed by atoms with van der Waals surface area (Å²) >= 11 is 3.19. The van der Waals surface area contributed by atoms with Gasteiger partial charge in [0.05, 0.1) is 31.4 Å². The number of aromatic nitrogens is 2. The van der Waals surface area contributed by atoms with E-state index in [1.807, 2.05) is 43.3 Å². The molecule has 1 saturated carbocycles. The van der Waals surface area contributed by atoms with E-state index in [4.69, 9.17) is 14.2 Å². The summed E-state index contributed by atoms with van der Waals surface area (Å²) in [5.41, 5.74) is 2.28. The van der Waals surface area contributed by atoms with Crippen LogP contribution in [-0.4, -0.2) is 41.2 Å². The number of fused-ring (bicyclic) bond motifs is 1. The monoisotopic (exact) mass is 603 g/mol. The van der Waals surface area contributed by atoms with E-state index in [0.29, 0.717) is 35.7 Å². The van der Waals surface area contributed by atoms with Crippen molar-refractivity contribution in [3.05, 3.63) is 71.9 Å². The molecule has 3 heterocycles. The number of anilines is 1. The third kappa shape index (κ3) is 4.88. The summed E-state index contributed by atoms with van der Waals surface area (Å²) < 4.78 is 20.7. The largest absolute Gasteiger partial charge is 0.496 e.